The van der Waals surface area contributed by atoms with Crippen molar-refractivity contribution in [1.82, 2.24) is 14.9 Å². The summed E-state index contributed by atoms with van der Waals surface area (Å²) >= 11 is 0. The molecule has 0 aromatic carbocycles. The molecule has 7 nitrogen and oxygen atoms in total. The summed E-state index contributed by atoms with van der Waals surface area (Å²) in [6.07, 6.45) is 5.86. The van der Waals surface area contributed by atoms with Crippen molar-refractivity contribution in [3.05, 3.63) is 12.4 Å². The summed E-state index contributed by atoms with van der Waals surface area (Å²) in [4.78, 5) is 13.6. The van der Waals surface area contributed by atoms with E-state index in [1.165, 1.54) is 0 Å². The summed E-state index contributed by atoms with van der Waals surface area (Å²) < 4.78 is 12.1. The number of hydrogen-bond acceptors (Lipinski definition) is 7. The van der Waals surface area contributed by atoms with Gasteiger partial charge in [0.15, 0.2) is 0 Å². The van der Waals surface area contributed by atoms with Crippen LogP contribution in [0.15, 0.2) is 12.4 Å². The van der Waals surface area contributed by atoms with Gasteiger partial charge in [0.2, 0.25) is 5.95 Å². The summed E-state index contributed by atoms with van der Waals surface area (Å²) in [7, 11) is 1.63. The third-order valence-electron chi connectivity index (χ3n) is 5.94. The Balaban J connectivity index is 1.66. The van der Waals surface area contributed by atoms with Gasteiger partial charge in [-0.2, -0.15) is 0 Å². The van der Waals surface area contributed by atoms with Crippen LogP contribution < -0.4 is 10.4 Å². The van der Waals surface area contributed by atoms with E-state index in [0.29, 0.717) is 12.6 Å². The van der Waals surface area contributed by atoms with E-state index in [-0.39, 0.29) is 17.8 Å². The van der Waals surface area contributed by atoms with Gasteiger partial charge in [0, 0.05) is 43.5 Å². The number of nitrogens with zero attached hydrogens (tertiary/aromatic N) is 4. The molecule has 0 spiro atoms. The molecule has 0 amide bonds. The predicted octanol–water partition coefficient (Wildman–Crippen LogP) is 0.669. The quantitative estimate of drug-likeness (QED) is 0.772. The van der Waals surface area contributed by atoms with Gasteiger partial charge < -0.3 is 19.3 Å². The molecule has 8 heteroatoms. The van der Waals surface area contributed by atoms with E-state index in [0.717, 1.165) is 37.3 Å². The normalized spacial score (nSPS) is 25.1. The van der Waals surface area contributed by atoms with Crippen molar-refractivity contribution in [2.45, 2.75) is 57.8 Å². The minimum absolute atomic E-state index is 0.187. The van der Waals surface area contributed by atoms with Crippen LogP contribution in [-0.4, -0.2) is 77.6 Å². The number of rotatable bonds is 5. The van der Waals surface area contributed by atoms with Gasteiger partial charge >= 0.3 is 7.12 Å². The summed E-state index contributed by atoms with van der Waals surface area (Å²) in [5.74, 6) is 0.743. The topological polar surface area (TPSA) is 71.0 Å². The molecule has 1 aromatic rings. The Morgan fingerprint density at radius 2 is 1.85 bits per heavy atom. The molecule has 1 N–H and O–H groups in total. The van der Waals surface area contributed by atoms with Gasteiger partial charge in [-0.25, -0.2) is 9.97 Å². The van der Waals surface area contributed by atoms with Crippen LogP contribution in [0.4, 0.5) is 5.95 Å². The second-order valence-corrected chi connectivity index (χ2v) is 8.35. The van der Waals surface area contributed by atoms with Crippen molar-refractivity contribution in [1.29, 1.82) is 0 Å². The molecule has 0 aliphatic carbocycles. The molecule has 1 unspecified atom stereocenters. The van der Waals surface area contributed by atoms with Gasteiger partial charge in [-0.3, -0.25) is 4.90 Å². The monoisotopic (exact) mass is 362 g/mol. The Labute approximate surface area is 156 Å². The van der Waals surface area contributed by atoms with Crippen molar-refractivity contribution in [3.63, 3.8) is 0 Å². The summed E-state index contributed by atoms with van der Waals surface area (Å²) in [5, 5.41) is 9.15. The van der Waals surface area contributed by atoms with Crippen LogP contribution in [0, 0.1) is 0 Å². The maximum atomic E-state index is 9.15. The first kappa shape index (κ1) is 19.5. The van der Waals surface area contributed by atoms with Gasteiger partial charge in [-0.15, -0.1) is 0 Å². The Hall–Kier alpha value is -1.22. The molecular weight excluding hydrogens is 331 g/mol. The smallest absolute Gasteiger partial charge is 0.399 e. The predicted molar refractivity (Wildman–Crippen MR) is 103 cm³/mol. The average Bonchev–Trinajstić information content (AvgIpc) is 2.83. The molecule has 0 bridgehead atoms. The van der Waals surface area contributed by atoms with Crippen molar-refractivity contribution in [2.24, 2.45) is 0 Å². The molecule has 1 aromatic heterocycles. The highest BCUT2D eigenvalue weighted by Gasteiger charge is 2.52. The van der Waals surface area contributed by atoms with Crippen molar-refractivity contribution < 1.29 is 14.4 Å². The molecule has 2 aliphatic rings. The average molecular weight is 362 g/mol. The first-order valence-electron chi connectivity index (χ1n) is 9.47. The molecule has 2 saturated heterocycles. The summed E-state index contributed by atoms with van der Waals surface area (Å²) in [6, 6.07) is 0.419. The fraction of sp³-hybridized carbons (Fsp3) is 0.778. The highest BCUT2D eigenvalue weighted by molar-refractivity contribution is 6.61. The Kier molecular flexibility index (Phi) is 5.58. The maximum Gasteiger partial charge on any atom is 0.498 e. The van der Waals surface area contributed by atoms with E-state index in [9.17, 15) is 0 Å². The molecule has 26 heavy (non-hydrogen) atoms. The molecule has 2 aliphatic heterocycles. The van der Waals surface area contributed by atoms with E-state index < -0.39 is 7.12 Å². The van der Waals surface area contributed by atoms with E-state index >= 15 is 0 Å². The highest BCUT2D eigenvalue weighted by atomic mass is 16.7. The van der Waals surface area contributed by atoms with Gasteiger partial charge in [-0.1, -0.05) is 0 Å². The fourth-order valence-electron chi connectivity index (χ4n) is 3.43. The number of aliphatic hydroxyl groups excluding tert-OH is 1. The van der Waals surface area contributed by atoms with Crippen LogP contribution >= 0.6 is 0 Å². The lowest BCUT2D eigenvalue weighted by molar-refractivity contribution is 0.00578. The molecule has 3 rings (SSSR count). The van der Waals surface area contributed by atoms with E-state index in [4.69, 9.17) is 14.4 Å². The standard InChI is InChI=1S/C18H31BN4O3/c1-17(2)18(3,4)26-19(25-17)14-11-20-16(21-12-14)23-8-6-7-15(13-23)22(5)9-10-24/h11-12,15,24H,6-10,13H2,1-5H3. The number of likely N-dealkylation sites (N-methyl/N-ethyl adjacent to an activating group) is 1. The van der Waals surface area contributed by atoms with E-state index in [1.54, 1.807) is 0 Å². The van der Waals surface area contributed by atoms with Gasteiger partial charge in [-0.05, 0) is 47.6 Å². The molecule has 0 radical (unpaired) electrons. The Bertz CT molecular complexity index is 595. The van der Waals surface area contributed by atoms with Crippen LogP contribution in [-0.2, 0) is 9.31 Å². The van der Waals surface area contributed by atoms with E-state index in [1.807, 2.05) is 40.1 Å². The lowest BCUT2D eigenvalue weighted by atomic mass is 9.81. The van der Waals surface area contributed by atoms with Crippen LogP contribution in [0.3, 0.4) is 0 Å². The van der Waals surface area contributed by atoms with Crippen LogP contribution in [0.1, 0.15) is 40.5 Å². The lowest BCUT2D eigenvalue weighted by Gasteiger charge is -2.37. The van der Waals surface area contributed by atoms with Crippen LogP contribution in [0.25, 0.3) is 0 Å². The zero-order valence-electron chi connectivity index (χ0n) is 16.6. The summed E-state index contributed by atoms with van der Waals surface area (Å²) in [6.45, 7) is 10.9. The molecule has 144 valence electrons. The largest absolute Gasteiger partial charge is 0.498 e. The third kappa shape index (κ3) is 3.88. The molecule has 1 atom stereocenters. The zero-order chi connectivity index (χ0) is 18.9. The summed E-state index contributed by atoms with van der Waals surface area (Å²) in [5.41, 5.74) is 0.111. The molecular formula is C18H31BN4O3. The van der Waals surface area contributed by atoms with Crippen LogP contribution in [0.5, 0.6) is 0 Å². The Morgan fingerprint density at radius 3 is 2.42 bits per heavy atom. The first-order valence-corrected chi connectivity index (χ1v) is 9.47. The molecule has 2 fully saturated rings. The minimum atomic E-state index is -0.432. The number of anilines is 1. The third-order valence-corrected chi connectivity index (χ3v) is 5.94. The first-order chi connectivity index (χ1) is 12.2. The van der Waals surface area contributed by atoms with Gasteiger partial charge in [0.1, 0.15) is 0 Å². The fourth-order valence-corrected chi connectivity index (χ4v) is 3.43. The number of hydrogen-bond donors (Lipinski definition) is 1. The van der Waals surface area contributed by atoms with Gasteiger partial charge in [0.05, 0.1) is 17.8 Å². The second kappa shape index (κ2) is 7.42. The van der Waals surface area contributed by atoms with Crippen molar-refractivity contribution in [3.8, 4) is 0 Å². The van der Waals surface area contributed by atoms with E-state index in [2.05, 4.69) is 26.8 Å². The minimum Gasteiger partial charge on any atom is -0.399 e. The maximum absolute atomic E-state index is 9.15. The SMILES string of the molecule is CN(CCO)C1CCCN(c2ncc(B3OC(C)(C)C(C)(C)O3)cn2)C1. The Morgan fingerprint density at radius 1 is 1.23 bits per heavy atom. The highest BCUT2D eigenvalue weighted by Crippen LogP contribution is 2.36. The molecule has 3 heterocycles. The van der Waals surface area contributed by atoms with Crippen molar-refractivity contribution in [2.75, 3.05) is 38.2 Å². The van der Waals surface area contributed by atoms with Gasteiger partial charge in [0.25, 0.3) is 0 Å². The number of aromatic nitrogens is 2. The van der Waals surface area contributed by atoms with Crippen molar-refractivity contribution >= 4 is 18.5 Å². The number of piperidine rings is 1. The second-order valence-electron chi connectivity index (χ2n) is 8.35. The molecule has 0 saturated carbocycles. The lowest BCUT2D eigenvalue weighted by Crippen LogP contribution is -2.48. The number of aliphatic hydroxyl groups is 1. The van der Waals surface area contributed by atoms with Crippen LogP contribution in [0.2, 0.25) is 0 Å². The zero-order valence-corrected chi connectivity index (χ0v) is 16.6.